The quantitative estimate of drug-likeness (QED) is 0.807. The molecule has 2 heterocycles. The van der Waals surface area contributed by atoms with Crippen LogP contribution in [0.15, 0.2) is 28.7 Å². The second-order valence-corrected chi connectivity index (χ2v) is 7.11. The zero-order valence-corrected chi connectivity index (χ0v) is 16.6. The van der Waals surface area contributed by atoms with Gasteiger partial charge >= 0.3 is 0 Å². The van der Waals surface area contributed by atoms with E-state index in [1.165, 1.54) is 12.1 Å². The Morgan fingerprint density at radius 1 is 1.39 bits per heavy atom. The number of halogens is 1. The predicted molar refractivity (Wildman–Crippen MR) is 101 cm³/mol. The molecule has 1 N–H and O–H groups in total. The average Bonchev–Trinajstić information content (AvgIpc) is 3.06. The summed E-state index contributed by atoms with van der Waals surface area (Å²) in [5.41, 5.74) is 1.49. The molecule has 0 fully saturated rings. The smallest absolute Gasteiger partial charge is 0.290 e. The van der Waals surface area contributed by atoms with Crippen LogP contribution >= 0.6 is 0 Å². The first-order chi connectivity index (χ1) is 13.3. The topological polar surface area (TPSA) is 86.9 Å². The number of carbonyl (C=O) groups is 2. The number of oxazole rings is 1. The summed E-state index contributed by atoms with van der Waals surface area (Å²) in [5, 5.41) is 6.89. The number of hydrogen-bond acceptors (Lipinski definition) is 5. The molecule has 0 bridgehead atoms. The summed E-state index contributed by atoms with van der Waals surface area (Å²) >= 11 is 0. The Bertz CT molecular complexity index is 820. The van der Waals surface area contributed by atoms with Gasteiger partial charge in [0.25, 0.3) is 6.47 Å². The molecule has 0 spiro atoms. The lowest BCUT2D eigenvalue weighted by atomic mass is 10.0. The maximum atomic E-state index is 13.6. The Morgan fingerprint density at radius 2 is 2.07 bits per heavy atom. The molecule has 7 nitrogen and oxygen atoms in total. The van der Waals surface area contributed by atoms with Crippen molar-refractivity contribution in [2.24, 2.45) is 0 Å². The molecule has 1 aliphatic rings. The van der Waals surface area contributed by atoms with Crippen LogP contribution in [0.4, 0.5) is 4.39 Å². The van der Waals surface area contributed by atoms with Crippen LogP contribution in [0.1, 0.15) is 48.7 Å². The third-order valence-corrected chi connectivity index (χ3v) is 4.46. The number of nitrogens with zero attached hydrogens (tertiary/aromatic N) is 3. The standard InChI is InChI=1S/C19H24FN3O2.CH2O2/c1-12(2)18-21-15-11-23(9-8-16(15)25-18)19(24)17(22(3)4)13-6-5-7-14(20)10-13;2-1-3/h5-7,10,12,17H,8-9,11H2,1-4H3;1H,(H,2,3). The molecule has 1 aromatic carbocycles. The van der Waals surface area contributed by atoms with Crippen LogP contribution in [0, 0.1) is 5.82 Å². The first-order valence-corrected chi connectivity index (χ1v) is 9.05. The van der Waals surface area contributed by atoms with Crippen molar-refractivity contribution in [3.05, 3.63) is 53.0 Å². The van der Waals surface area contributed by atoms with Gasteiger partial charge in [-0.05, 0) is 31.8 Å². The van der Waals surface area contributed by atoms with Crippen LogP contribution in [-0.4, -0.2) is 52.9 Å². The van der Waals surface area contributed by atoms with E-state index in [1.807, 2.05) is 32.8 Å². The summed E-state index contributed by atoms with van der Waals surface area (Å²) < 4.78 is 19.4. The van der Waals surface area contributed by atoms with E-state index >= 15 is 0 Å². The van der Waals surface area contributed by atoms with Crippen molar-refractivity contribution in [2.75, 3.05) is 20.6 Å². The number of fused-ring (bicyclic) bond motifs is 1. The second-order valence-electron chi connectivity index (χ2n) is 7.11. The number of likely N-dealkylation sites (N-methyl/N-ethyl adjacent to an activating group) is 1. The Hall–Kier alpha value is -2.74. The summed E-state index contributed by atoms with van der Waals surface area (Å²) in [6.07, 6.45) is 0.657. The molecular formula is C20H26FN3O4. The van der Waals surface area contributed by atoms with E-state index in [0.29, 0.717) is 31.0 Å². The van der Waals surface area contributed by atoms with Crippen LogP contribution in [0.3, 0.4) is 0 Å². The molecule has 0 radical (unpaired) electrons. The van der Waals surface area contributed by atoms with Gasteiger partial charge < -0.3 is 14.4 Å². The van der Waals surface area contributed by atoms with E-state index in [4.69, 9.17) is 14.3 Å². The van der Waals surface area contributed by atoms with Gasteiger partial charge in [-0.25, -0.2) is 9.37 Å². The SMILES string of the molecule is CC(C)c1nc2c(o1)CCN(C(=O)C(c1cccc(F)c1)N(C)C)C2.O=CO. The van der Waals surface area contributed by atoms with E-state index in [-0.39, 0.29) is 24.1 Å². The Morgan fingerprint density at radius 3 is 2.64 bits per heavy atom. The van der Waals surface area contributed by atoms with Gasteiger partial charge in [0.15, 0.2) is 5.89 Å². The lowest BCUT2D eigenvalue weighted by Gasteiger charge is -2.32. The number of aromatic nitrogens is 1. The van der Waals surface area contributed by atoms with E-state index in [2.05, 4.69) is 4.98 Å². The molecule has 8 heteroatoms. The van der Waals surface area contributed by atoms with Crippen molar-refractivity contribution in [2.45, 2.75) is 38.8 Å². The molecule has 1 aromatic heterocycles. The van der Waals surface area contributed by atoms with E-state index in [9.17, 15) is 9.18 Å². The molecule has 1 aliphatic heterocycles. The third kappa shape index (κ3) is 4.95. The van der Waals surface area contributed by atoms with Gasteiger partial charge in [0.2, 0.25) is 5.91 Å². The zero-order chi connectivity index (χ0) is 20.8. The van der Waals surface area contributed by atoms with Gasteiger partial charge in [0, 0.05) is 18.9 Å². The van der Waals surface area contributed by atoms with Gasteiger partial charge in [-0.15, -0.1) is 0 Å². The fraction of sp³-hybridized carbons (Fsp3) is 0.450. The van der Waals surface area contributed by atoms with Crippen molar-refractivity contribution in [3.8, 4) is 0 Å². The largest absolute Gasteiger partial charge is 0.483 e. The second kappa shape index (κ2) is 9.45. The van der Waals surface area contributed by atoms with Gasteiger partial charge in [-0.3, -0.25) is 14.5 Å². The Balaban J connectivity index is 0.000000878. The minimum Gasteiger partial charge on any atom is -0.483 e. The number of amides is 1. The summed E-state index contributed by atoms with van der Waals surface area (Å²) in [6, 6.07) is 5.71. The Kier molecular flexibility index (Phi) is 7.28. The minimum absolute atomic E-state index is 0.0460. The van der Waals surface area contributed by atoms with Crippen molar-refractivity contribution in [3.63, 3.8) is 0 Å². The Labute approximate surface area is 163 Å². The molecular weight excluding hydrogens is 365 g/mol. The number of hydrogen-bond donors (Lipinski definition) is 1. The van der Waals surface area contributed by atoms with E-state index in [0.717, 1.165) is 11.5 Å². The predicted octanol–water partition coefficient (Wildman–Crippen LogP) is 2.83. The van der Waals surface area contributed by atoms with Gasteiger partial charge in [-0.1, -0.05) is 26.0 Å². The van der Waals surface area contributed by atoms with Crippen molar-refractivity contribution >= 4 is 12.4 Å². The minimum atomic E-state index is -0.520. The van der Waals surface area contributed by atoms with Crippen LogP contribution < -0.4 is 0 Å². The highest BCUT2D eigenvalue weighted by molar-refractivity contribution is 5.83. The normalized spacial score (nSPS) is 14.3. The maximum absolute atomic E-state index is 13.6. The molecule has 2 aromatic rings. The van der Waals surface area contributed by atoms with Gasteiger partial charge in [0.05, 0.1) is 6.54 Å². The van der Waals surface area contributed by atoms with Crippen molar-refractivity contribution < 1.29 is 23.5 Å². The van der Waals surface area contributed by atoms with Gasteiger partial charge in [-0.2, -0.15) is 0 Å². The molecule has 0 saturated heterocycles. The molecule has 0 saturated carbocycles. The van der Waals surface area contributed by atoms with Crippen LogP contribution in [0.25, 0.3) is 0 Å². The number of benzene rings is 1. The fourth-order valence-corrected chi connectivity index (χ4v) is 3.16. The molecule has 3 rings (SSSR count). The van der Waals surface area contributed by atoms with Crippen molar-refractivity contribution in [1.82, 2.24) is 14.8 Å². The molecule has 28 heavy (non-hydrogen) atoms. The molecule has 0 aliphatic carbocycles. The summed E-state index contributed by atoms with van der Waals surface area (Å²) in [7, 11) is 3.66. The van der Waals surface area contributed by atoms with Gasteiger partial charge in [0.1, 0.15) is 23.3 Å². The highest BCUT2D eigenvalue weighted by Gasteiger charge is 2.32. The highest BCUT2D eigenvalue weighted by Crippen LogP contribution is 2.27. The number of rotatable bonds is 4. The van der Waals surface area contributed by atoms with Crippen LogP contribution in [0.2, 0.25) is 0 Å². The molecule has 1 amide bonds. The highest BCUT2D eigenvalue weighted by atomic mass is 19.1. The van der Waals surface area contributed by atoms with Crippen LogP contribution in [0.5, 0.6) is 0 Å². The first kappa shape index (κ1) is 21.6. The zero-order valence-electron chi connectivity index (χ0n) is 16.6. The van der Waals surface area contributed by atoms with Crippen LogP contribution in [-0.2, 0) is 22.6 Å². The lowest BCUT2D eigenvalue weighted by Crippen LogP contribution is -2.43. The van der Waals surface area contributed by atoms with E-state index < -0.39 is 6.04 Å². The number of carboxylic acid groups (broad SMARTS) is 1. The first-order valence-electron chi connectivity index (χ1n) is 9.05. The summed E-state index contributed by atoms with van der Waals surface area (Å²) in [4.78, 5) is 29.6. The fourth-order valence-electron chi connectivity index (χ4n) is 3.16. The summed E-state index contributed by atoms with van der Waals surface area (Å²) in [6.45, 7) is 4.83. The van der Waals surface area contributed by atoms with Crippen molar-refractivity contribution in [1.29, 1.82) is 0 Å². The number of carbonyl (C=O) groups excluding carboxylic acids is 1. The van der Waals surface area contributed by atoms with E-state index in [1.54, 1.807) is 17.0 Å². The maximum Gasteiger partial charge on any atom is 0.290 e. The molecule has 1 atom stereocenters. The molecule has 152 valence electrons. The third-order valence-electron chi connectivity index (χ3n) is 4.46. The average molecular weight is 391 g/mol. The molecule has 1 unspecified atom stereocenters. The summed E-state index contributed by atoms with van der Waals surface area (Å²) in [5.74, 6) is 1.43. The lowest BCUT2D eigenvalue weighted by molar-refractivity contribution is -0.137. The monoisotopic (exact) mass is 391 g/mol.